The third-order valence-corrected chi connectivity index (χ3v) is 10.3. The maximum atomic E-state index is 14.3. The second-order valence-electron chi connectivity index (χ2n) is 12.0. The first kappa shape index (κ1) is 33.7. The Morgan fingerprint density at radius 3 is 2.27 bits per heavy atom. The van der Waals surface area contributed by atoms with Crippen molar-refractivity contribution in [2.75, 3.05) is 13.7 Å². The Balaban J connectivity index is 1.53. The fraction of sp³-hybridized carbons (Fsp3) is 0.548. The molecule has 8 nitrogen and oxygen atoms in total. The van der Waals surface area contributed by atoms with E-state index in [1.54, 1.807) is 0 Å². The lowest BCUT2D eigenvalue weighted by atomic mass is 9.77. The van der Waals surface area contributed by atoms with Gasteiger partial charge in [-0.1, -0.05) is 43.3 Å². The minimum atomic E-state index is -2.90. The zero-order valence-corrected chi connectivity index (χ0v) is 25.7. The van der Waals surface area contributed by atoms with Crippen LogP contribution in [0.1, 0.15) is 67.9 Å². The van der Waals surface area contributed by atoms with Crippen molar-refractivity contribution in [3.63, 3.8) is 0 Å². The van der Waals surface area contributed by atoms with Gasteiger partial charge in [0.05, 0.1) is 23.7 Å². The Bertz CT molecular complexity index is 1460. The van der Waals surface area contributed by atoms with Crippen LogP contribution in [-0.4, -0.2) is 79.3 Å². The number of thioether (sulfide) groups is 1. The third kappa shape index (κ3) is 6.77. The van der Waals surface area contributed by atoms with E-state index in [2.05, 4.69) is 10.3 Å². The molecule has 0 radical (unpaired) electrons. The second-order valence-corrected chi connectivity index (χ2v) is 13.2. The molecule has 2 aromatic carbocycles. The normalized spacial score (nSPS) is 27.1. The van der Waals surface area contributed by atoms with Gasteiger partial charge in [-0.05, 0) is 42.0 Å². The van der Waals surface area contributed by atoms with Gasteiger partial charge in [-0.15, -0.1) is 16.9 Å². The minimum absolute atomic E-state index is 0.0210. The lowest BCUT2D eigenvalue weighted by Crippen LogP contribution is -2.56. The molecule has 1 saturated heterocycles. The minimum Gasteiger partial charge on any atom is -0.394 e. The van der Waals surface area contributed by atoms with Crippen molar-refractivity contribution in [3.05, 3.63) is 71.2 Å². The van der Waals surface area contributed by atoms with E-state index in [4.69, 9.17) is 9.47 Å². The Morgan fingerprint density at radius 2 is 1.69 bits per heavy atom. The summed E-state index contributed by atoms with van der Waals surface area (Å²) < 4.78 is 83.2. The lowest BCUT2D eigenvalue weighted by Gasteiger charge is -2.47. The second kappa shape index (κ2) is 13.2. The average Bonchev–Trinajstić information content (AvgIpc) is 3.50. The van der Waals surface area contributed by atoms with Crippen LogP contribution in [0.15, 0.2) is 42.6 Å². The van der Waals surface area contributed by atoms with Gasteiger partial charge in [0.1, 0.15) is 35.5 Å². The van der Waals surface area contributed by atoms with Gasteiger partial charge in [-0.2, -0.15) is 0 Å². The fourth-order valence-corrected chi connectivity index (χ4v) is 7.94. The van der Waals surface area contributed by atoms with Crippen molar-refractivity contribution < 1.29 is 46.7 Å². The van der Waals surface area contributed by atoms with Gasteiger partial charge in [0.15, 0.2) is 17.5 Å². The van der Waals surface area contributed by atoms with Gasteiger partial charge in [-0.25, -0.2) is 26.6 Å². The fourth-order valence-electron chi connectivity index (χ4n) is 6.19. The van der Waals surface area contributed by atoms with E-state index in [9.17, 15) is 37.3 Å². The number of halogens is 5. The van der Waals surface area contributed by atoms with Gasteiger partial charge in [-0.3, -0.25) is 0 Å². The molecule has 3 aromatic rings. The molecule has 2 aliphatic rings. The van der Waals surface area contributed by atoms with E-state index in [1.807, 2.05) is 38.1 Å². The number of alkyl halides is 2. The Morgan fingerprint density at radius 1 is 1.07 bits per heavy atom. The predicted molar refractivity (Wildman–Crippen MR) is 156 cm³/mol. The van der Waals surface area contributed by atoms with E-state index >= 15 is 0 Å². The van der Waals surface area contributed by atoms with Gasteiger partial charge in [0, 0.05) is 25.5 Å². The molecule has 0 amide bonds. The molecule has 5 rings (SSSR count). The summed E-state index contributed by atoms with van der Waals surface area (Å²) >= 11 is 1.15. The number of nitrogens with zero attached hydrogens (tertiary/aromatic N) is 3. The summed E-state index contributed by atoms with van der Waals surface area (Å²) in [6.45, 7) is 3.37. The molecule has 0 bridgehead atoms. The number of hydrogen-bond acceptors (Lipinski definition) is 8. The summed E-state index contributed by atoms with van der Waals surface area (Å²) in [6.07, 6.45) is -3.55. The third-order valence-electron chi connectivity index (χ3n) is 8.70. The first-order valence-corrected chi connectivity index (χ1v) is 15.6. The Hall–Kier alpha value is -2.62. The van der Waals surface area contributed by atoms with Crippen molar-refractivity contribution in [1.29, 1.82) is 0 Å². The van der Waals surface area contributed by atoms with Crippen LogP contribution in [0.3, 0.4) is 0 Å². The number of methoxy groups -OCH3 is 1. The Kier molecular flexibility index (Phi) is 9.93. The summed E-state index contributed by atoms with van der Waals surface area (Å²) in [6, 6.07) is 7.92. The highest BCUT2D eigenvalue weighted by molar-refractivity contribution is 8.00. The summed E-state index contributed by atoms with van der Waals surface area (Å²) in [5.74, 6) is -7.31. The molecular formula is C31H36F5N3O5S. The molecule has 1 saturated carbocycles. The first-order valence-electron chi connectivity index (χ1n) is 14.7. The summed E-state index contributed by atoms with van der Waals surface area (Å²) in [5.41, 5.74) is -0.968. The monoisotopic (exact) mass is 657 g/mol. The molecule has 0 unspecified atom stereocenters. The SMILES string of the molecule is CO[C@@H]1[C@@H](n2cc(-c3cc(F)c(F)c(F)c3)nn2)[C@@H](O)[C@@H](CO)O[C@H]1S[C@@H](c1ccccc1C(C)C)C1(O)CCC(F)(F)CC1. The van der Waals surface area contributed by atoms with Gasteiger partial charge in [0.25, 0.3) is 0 Å². The number of hydrogen-bond donors (Lipinski definition) is 3. The standard InChI is InChI=1S/C31H36F5N3O5S/c1-16(2)18-6-4-5-7-19(18)28(30(42)8-10-31(35,36)11-9-30)45-29-27(43-3)25(26(41)23(15-40)44-29)39-14-22(37-38-39)17-12-20(32)24(34)21(33)13-17/h4-7,12-14,16,23,25-29,40-42H,8-11,15H2,1-3H3/t23-,25+,26+,27-,28+,29+/m1/s1. The highest BCUT2D eigenvalue weighted by atomic mass is 32.2. The van der Waals surface area contributed by atoms with Crippen LogP contribution in [-0.2, 0) is 9.47 Å². The highest BCUT2D eigenvalue weighted by Gasteiger charge is 2.52. The quantitative estimate of drug-likeness (QED) is 0.204. The molecule has 1 aliphatic carbocycles. The molecule has 3 N–H and O–H groups in total. The van der Waals surface area contributed by atoms with Gasteiger partial charge >= 0.3 is 0 Å². The van der Waals surface area contributed by atoms with Crippen molar-refractivity contribution in [2.45, 2.75) is 92.0 Å². The van der Waals surface area contributed by atoms with Crippen LogP contribution in [0.5, 0.6) is 0 Å². The highest BCUT2D eigenvalue weighted by Crippen LogP contribution is 2.54. The van der Waals surface area contributed by atoms with Crippen molar-refractivity contribution in [3.8, 4) is 11.3 Å². The van der Waals surface area contributed by atoms with Crippen molar-refractivity contribution in [2.24, 2.45) is 0 Å². The molecule has 0 spiro atoms. The number of rotatable bonds is 9. The van der Waals surface area contributed by atoms with E-state index in [0.717, 1.165) is 35.0 Å². The number of aliphatic hydroxyl groups excluding tert-OH is 2. The molecule has 2 fully saturated rings. The van der Waals surface area contributed by atoms with E-state index in [-0.39, 0.29) is 30.0 Å². The number of aromatic nitrogens is 3. The molecule has 1 aromatic heterocycles. The number of aliphatic hydroxyl groups is 3. The Labute approximate surface area is 261 Å². The topological polar surface area (TPSA) is 110 Å². The molecule has 246 valence electrons. The van der Waals surface area contributed by atoms with Crippen LogP contribution in [0.4, 0.5) is 22.0 Å². The van der Waals surface area contributed by atoms with E-state index in [0.29, 0.717) is 0 Å². The lowest BCUT2D eigenvalue weighted by molar-refractivity contribution is -0.186. The smallest absolute Gasteiger partial charge is 0.248 e. The average molecular weight is 658 g/mol. The largest absolute Gasteiger partial charge is 0.394 e. The predicted octanol–water partition coefficient (Wildman–Crippen LogP) is 5.53. The van der Waals surface area contributed by atoms with Crippen LogP contribution in [0, 0.1) is 17.5 Å². The van der Waals surface area contributed by atoms with E-state index in [1.165, 1.54) is 18.0 Å². The maximum Gasteiger partial charge on any atom is 0.248 e. The summed E-state index contributed by atoms with van der Waals surface area (Å²) in [5, 5.41) is 40.7. The first-order chi connectivity index (χ1) is 21.3. The van der Waals surface area contributed by atoms with Crippen molar-refractivity contribution >= 4 is 11.8 Å². The molecule has 2 heterocycles. The zero-order chi connectivity index (χ0) is 32.7. The zero-order valence-electron chi connectivity index (χ0n) is 24.9. The molecule has 45 heavy (non-hydrogen) atoms. The van der Waals surface area contributed by atoms with Crippen LogP contribution >= 0.6 is 11.8 Å². The molecular weight excluding hydrogens is 621 g/mol. The molecule has 1 aliphatic heterocycles. The summed E-state index contributed by atoms with van der Waals surface area (Å²) in [7, 11) is 1.37. The van der Waals surface area contributed by atoms with Crippen molar-refractivity contribution in [1.82, 2.24) is 15.0 Å². The number of ether oxygens (including phenoxy) is 2. The van der Waals surface area contributed by atoms with Gasteiger partial charge in [0.2, 0.25) is 5.92 Å². The van der Waals surface area contributed by atoms with Gasteiger partial charge < -0.3 is 24.8 Å². The number of benzene rings is 2. The van der Waals surface area contributed by atoms with Crippen LogP contribution in [0.25, 0.3) is 11.3 Å². The summed E-state index contributed by atoms with van der Waals surface area (Å²) in [4.78, 5) is 0. The molecule has 6 atom stereocenters. The maximum absolute atomic E-state index is 14.3. The van der Waals surface area contributed by atoms with Crippen LogP contribution in [0.2, 0.25) is 0 Å². The van der Waals surface area contributed by atoms with E-state index < -0.39 is 83.5 Å². The molecule has 14 heteroatoms. The van der Waals surface area contributed by atoms with Crippen LogP contribution < -0.4 is 0 Å².